The minimum Gasteiger partial charge on any atom is -0.497 e. The highest BCUT2D eigenvalue weighted by Gasteiger charge is 2.21. The molecule has 4 heteroatoms. The summed E-state index contributed by atoms with van der Waals surface area (Å²) < 4.78 is 18.6. The molecule has 0 saturated heterocycles. The van der Waals surface area contributed by atoms with Gasteiger partial charge < -0.3 is 10.1 Å². The van der Waals surface area contributed by atoms with Crippen LogP contribution in [0, 0.1) is 5.82 Å². The highest BCUT2D eigenvalue weighted by atomic mass is 19.1. The second kappa shape index (κ2) is 7.00. The average molecular weight is 346 g/mol. The van der Waals surface area contributed by atoms with Gasteiger partial charge in [-0.25, -0.2) is 4.39 Å². The summed E-state index contributed by atoms with van der Waals surface area (Å²) in [5.41, 5.74) is 4.95. The standard InChI is InChI=1S/C22H19FN2O/c1-26-18-12-8-16(9-13-18)22-14-21(15-6-10-17(23)11-7-15)24-19-4-2-3-5-20(19)25-22/h2-13,21,24H,14H2,1H3/t21-/m0/s1. The number of benzene rings is 3. The zero-order valence-corrected chi connectivity index (χ0v) is 14.4. The van der Waals surface area contributed by atoms with Crippen LogP contribution in [0.25, 0.3) is 0 Å². The van der Waals surface area contributed by atoms with Crippen LogP contribution in [0.2, 0.25) is 0 Å². The molecule has 0 aliphatic carbocycles. The lowest BCUT2D eigenvalue weighted by Crippen LogP contribution is -2.14. The molecule has 26 heavy (non-hydrogen) atoms. The van der Waals surface area contributed by atoms with Gasteiger partial charge in [0, 0.05) is 6.42 Å². The van der Waals surface area contributed by atoms with E-state index >= 15 is 0 Å². The summed E-state index contributed by atoms with van der Waals surface area (Å²) in [6.07, 6.45) is 0.701. The molecule has 3 aromatic carbocycles. The summed E-state index contributed by atoms with van der Waals surface area (Å²) in [6.45, 7) is 0. The number of ether oxygens (including phenoxy) is 1. The van der Waals surface area contributed by atoms with Crippen molar-refractivity contribution in [2.75, 3.05) is 12.4 Å². The molecule has 0 unspecified atom stereocenters. The zero-order chi connectivity index (χ0) is 17.9. The van der Waals surface area contributed by atoms with E-state index in [1.165, 1.54) is 12.1 Å². The number of rotatable bonds is 3. The maximum absolute atomic E-state index is 13.3. The second-order valence-electron chi connectivity index (χ2n) is 6.26. The highest BCUT2D eigenvalue weighted by Crippen LogP contribution is 2.35. The Kier molecular flexibility index (Phi) is 4.40. The maximum atomic E-state index is 13.3. The molecule has 0 amide bonds. The van der Waals surface area contributed by atoms with Crippen molar-refractivity contribution < 1.29 is 9.13 Å². The normalized spacial score (nSPS) is 16.1. The van der Waals surface area contributed by atoms with Crippen molar-refractivity contribution in [3.63, 3.8) is 0 Å². The van der Waals surface area contributed by atoms with Crippen molar-refractivity contribution in [1.29, 1.82) is 0 Å². The van der Waals surface area contributed by atoms with Crippen LogP contribution in [-0.2, 0) is 0 Å². The Balaban J connectivity index is 1.76. The van der Waals surface area contributed by atoms with Crippen molar-refractivity contribution in [2.24, 2.45) is 4.99 Å². The molecule has 3 nitrogen and oxygen atoms in total. The van der Waals surface area contributed by atoms with Gasteiger partial charge in [-0.3, -0.25) is 4.99 Å². The van der Waals surface area contributed by atoms with Crippen molar-refractivity contribution >= 4 is 17.1 Å². The van der Waals surface area contributed by atoms with Crippen LogP contribution in [0.5, 0.6) is 5.75 Å². The lowest BCUT2D eigenvalue weighted by Gasteiger charge is -2.19. The molecule has 0 saturated carbocycles. The first-order valence-corrected chi connectivity index (χ1v) is 8.56. The van der Waals surface area contributed by atoms with Crippen LogP contribution in [0.1, 0.15) is 23.6 Å². The van der Waals surface area contributed by atoms with Crippen LogP contribution >= 0.6 is 0 Å². The van der Waals surface area contributed by atoms with E-state index < -0.39 is 0 Å². The molecule has 0 fully saturated rings. The summed E-state index contributed by atoms with van der Waals surface area (Å²) >= 11 is 0. The molecular formula is C22H19FN2O. The fourth-order valence-electron chi connectivity index (χ4n) is 3.18. The largest absolute Gasteiger partial charge is 0.497 e. The minimum absolute atomic E-state index is 0.0140. The van der Waals surface area contributed by atoms with Crippen molar-refractivity contribution in [1.82, 2.24) is 0 Å². The SMILES string of the molecule is COc1ccc(C2=Nc3ccccc3N[C@H](c3ccc(F)cc3)C2)cc1. The summed E-state index contributed by atoms with van der Waals surface area (Å²) in [6, 6.07) is 22.6. The Bertz CT molecular complexity index is 933. The van der Waals surface area contributed by atoms with E-state index in [0.717, 1.165) is 34.0 Å². The number of halogens is 1. The second-order valence-corrected chi connectivity index (χ2v) is 6.26. The van der Waals surface area contributed by atoms with Gasteiger partial charge in [-0.2, -0.15) is 0 Å². The summed E-state index contributed by atoms with van der Waals surface area (Å²) in [5.74, 6) is 0.586. The Labute approximate surface area is 152 Å². The highest BCUT2D eigenvalue weighted by molar-refractivity contribution is 6.04. The number of para-hydroxylation sites is 2. The van der Waals surface area contributed by atoms with Crippen LogP contribution in [0.15, 0.2) is 77.8 Å². The number of methoxy groups -OCH3 is 1. The van der Waals surface area contributed by atoms with Crippen LogP contribution in [-0.4, -0.2) is 12.8 Å². The van der Waals surface area contributed by atoms with Crippen LogP contribution in [0.3, 0.4) is 0 Å². The minimum atomic E-state index is -0.230. The first kappa shape index (κ1) is 16.3. The first-order chi connectivity index (χ1) is 12.7. The van der Waals surface area contributed by atoms with Gasteiger partial charge in [-0.05, 0) is 59.7 Å². The molecule has 130 valence electrons. The summed E-state index contributed by atoms with van der Waals surface area (Å²) in [4.78, 5) is 4.90. The molecule has 4 rings (SSSR count). The smallest absolute Gasteiger partial charge is 0.123 e. The van der Waals surface area contributed by atoms with Gasteiger partial charge in [0.15, 0.2) is 0 Å². The molecule has 1 aliphatic heterocycles. The van der Waals surface area contributed by atoms with Crippen molar-refractivity contribution in [3.05, 3.63) is 89.7 Å². The lowest BCUT2D eigenvalue weighted by molar-refractivity contribution is 0.415. The zero-order valence-electron chi connectivity index (χ0n) is 14.4. The van der Waals surface area contributed by atoms with E-state index in [4.69, 9.17) is 9.73 Å². The Morgan fingerprint density at radius 2 is 1.69 bits per heavy atom. The summed E-state index contributed by atoms with van der Waals surface area (Å²) in [5, 5.41) is 3.56. The Morgan fingerprint density at radius 1 is 0.962 bits per heavy atom. The van der Waals surface area contributed by atoms with E-state index in [2.05, 4.69) is 5.32 Å². The summed E-state index contributed by atoms with van der Waals surface area (Å²) in [7, 11) is 1.66. The molecule has 0 spiro atoms. The van der Waals surface area contributed by atoms with Crippen LogP contribution < -0.4 is 10.1 Å². The molecule has 0 radical (unpaired) electrons. The number of fused-ring (bicyclic) bond motifs is 1. The van der Waals surface area contributed by atoms with Crippen molar-refractivity contribution in [2.45, 2.75) is 12.5 Å². The molecule has 1 heterocycles. The predicted molar refractivity (Wildman–Crippen MR) is 103 cm³/mol. The van der Waals surface area contributed by atoms with E-state index in [1.54, 1.807) is 7.11 Å². The monoisotopic (exact) mass is 346 g/mol. The third kappa shape index (κ3) is 3.31. The Morgan fingerprint density at radius 3 is 2.42 bits per heavy atom. The number of aliphatic imine (C=N–C) groups is 1. The number of nitrogens with one attached hydrogen (secondary N) is 1. The molecule has 0 bridgehead atoms. The van der Waals surface area contributed by atoms with E-state index in [0.29, 0.717) is 6.42 Å². The molecular weight excluding hydrogens is 327 g/mol. The fraction of sp³-hybridized carbons (Fsp3) is 0.136. The molecule has 1 N–H and O–H groups in total. The van der Waals surface area contributed by atoms with Gasteiger partial charge in [0.25, 0.3) is 0 Å². The van der Waals surface area contributed by atoms with Gasteiger partial charge >= 0.3 is 0 Å². The fourth-order valence-corrected chi connectivity index (χ4v) is 3.18. The van der Waals surface area contributed by atoms with Crippen molar-refractivity contribution in [3.8, 4) is 5.75 Å². The number of hydrogen-bond acceptors (Lipinski definition) is 3. The third-order valence-corrected chi connectivity index (χ3v) is 4.58. The molecule has 3 aromatic rings. The number of nitrogens with zero attached hydrogens (tertiary/aromatic N) is 1. The van der Waals surface area contributed by atoms with Gasteiger partial charge in [-0.1, -0.05) is 24.3 Å². The van der Waals surface area contributed by atoms with Gasteiger partial charge in [0.2, 0.25) is 0 Å². The molecule has 0 aromatic heterocycles. The molecule has 1 aliphatic rings. The van der Waals surface area contributed by atoms with Gasteiger partial charge in [0.05, 0.1) is 30.2 Å². The third-order valence-electron chi connectivity index (χ3n) is 4.58. The average Bonchev–Trinajstić information content (AvgIpc) is 2.88. The lowest BCUT2D eigenvalue weighted by atomic mass is 9.97. The Hall–Kier alpha value is -3.14. The topological polar surface area (TPSA) is 33.6 Å². The number of anilines is 1. The van der Waals surface area contributed by atoms with E-state index in [9.17, 15) is 4.39 Å². The predicted octanol–water partition coefficient (Wildman–Crippen LogP) is 5.51. The van der Waals surface area contributed by atoms with Gasteiger partial charge in [-0.15, -0.1) is 0 Å². The first-order valence-electron chi connectivity index (χ1n) is 8.56. The van der Waals surface area contributed by atoms with Crippen LogP contribution in [0.4, 0.5) is 15.8 Å². The van der Waals surface area contributed by atoms with Gasteiger partial charge in [0.1, 0.15) is 11.6 Å². The number of hydrogen-bond donors (Lipinski definition) is 1. The van der Waals surface area contributed by atoms with E-state index in [1.807, 2.05) is 60.7 Å². The van der Waals surface area contributed by atoms with E-state index in [-0.39, 0.29) is 11.9 Å². The molecule has 1 atom stereocenters. The maximum Gasteiger partial charge on any atom is 0.123 e. The quantitative estimate of drug-likeness (QED) is 0.678.